The summed E-state index contributed by atoms with van der Waals surface area (Å²) >= 11 is 0. The van der Waals surface area contributed by atoms with Gasteiger partial charge in [-0.05, 0) is 24.5 Å². The van der Waals surface area contributed by atoms with Gasteiger partial charge >= 0.3 is 0 Å². The first-order valence-corrected chi connectivity index (χ1v) is 5.22. The molecule has 1 rings (SSSR count). The van der Waals surface area contributed by atoms with Crippen LogP contribution in [0, 0.1) is 5.92 Å². The van der Waals surface area contributed by atoms with Crippen LogP contribution in [0.1, 0.15) is 20.3 Å². The molecule has 84 valence electrons. The van der Waals surface area contributed by atoms with Crippen LogP contribution in [-0.2, 0) is 0 Å². The predicted octanol–water partition coefficient (Wildman–Crippen LogP) is 1.48. The van der Waals surface area contributed by atoms with Gasteiger partial charge in [0.25, 0.3) is 0 Å². The van der Waals surface area contributed by atoms with Crippen LogP contribution in [0.4, 0.5) is 11.5 Å². The number of nitrogen functional groups attached to an aromatic ring is 1. The standard InChI is InChI=1S/C11H19N3O/c1-8(2)6-9(15)7-14-10-4-3-5-13-11(10)12/h3-5,8-9,14-15H,6-7H2,1-2H3,(H2,12,13). The lowest BCUT2D eigenvalue weighted by Crippen LogP contribution is -2.21. The molecule has 4 N–H and O–H groups in total. The second kappa shape index (κ2) is 5.56. The summed E-state index contributed by atoms with van der Waals surface area (Å²) in [5, 5.41) is 12.7. The van der Waals surface area contributed by atoms with Crippen LogP contribution in [0.3, 0.4) is 0 Å². The van der Waals surface area contributed by atoms with E-state index in [1.807, 2.05) is 12.1 Å². The predicted molar refractivity (Wildman–Crippen MR) is 62.6 cm³/mol. The maximum absolute atomic E-state index is 9.65. The molecule has 15 heavy (non-hydrogen) atoms. The highest BCUT2D eigenvalue weighted by Crippen LogP contribution is 2.14. The van der Waals surface area contributed by atoms with Gasteiger partial charge in [-0.2, -0.15) is 0 Å². The number of nitrogens with two attached hydrogens (primary N) is 1. The van der Waals surface area contributed by atoms with Gasteiger partial charge in [0.1, 0.15) is 5.82 Å². The van der Waals surface area contributed by atoms with Crippen LogP contribution in [0.5, 0.6) is 0 Å². The smallest absolute Gasteiger partial charge is 0.146 e. The van der Waals surface area contributed by atoms with E-state index >= 15 is 0 Å². The van der Waals surface area contributed by atoms with Crippen molar-refractivity contribution in [2.75, 3.05) is 17.6 Å². The Hall–Kier alpha value is -1.29. The van der Waals surface area contributed by atoms with Crippen LogP contribution in [0.25, 0.3) is 0 Å². The van der Waals surface area contributed by atoms with Gasteiger partial charge in [0.15, 0.2) is 0 Å². The zero-order chi connectivity index (χ0) is 11.3. The fraction of sp³-hybridized carbons (Fsp3) is 0.545. The van der Waals surface area contributed by atoms with Gasteiger partial charge in [0.05, 0.1) is 11.8 Å². The molecule has 1 aromatic heterocycles. The summed E-state index contributed by atoms with van der Waals surface area (Å²) in [6.45, 7) is 4.68. The van der Waals surface area contributed by atoms with E-state index in [0.717, 1.165) is 12.1 Å². The number of aromatic nitrogens is 1. The highest BCUT2D eigenvalue weighted by molar-refractivity contribution is 5.60. The number of nitrogens with one attached hydrogen (secondary N) is 1. The molecule has 1 heterocycles. The number of anilines is 2. The molecule has 4 nitrogen and oxygen atoms in total. The Bertz CT molecular complexity index is 302. The first-order chi connectivity index (χ1) is 7.09. The second-order valence-electron chi connectivity index (χ2n) is 4.10. The molecule has 0 spiro atoms. The molecule has 0 aliphatic rings. The lowest BCUT2D eigenvalue weighted by Gasteiger charge is -2.15. The van der Waals surface area contributed by atoms with Crippen molar-refractivity contribution in [3.05, 3.63) is 18.3 Å². The lowest BCUT2D eigenvalue weighted by atomic mass is 10.1. The Morgan fingerprint density at radius 2 is 2.27 bits per heavy atom. The third-order valence-electron chi connectivity index (χ3n) is 2.11. The quantitative estimate of drug-likeness (QED) is 0.687. The van der Waals surface area contributed by atoms with E-state index in [9.17, 15) is 5.11 Å². The lowest BCUT2D eigenvalue weighted by molar-refractivity contribution is 0.161. The highest BCUT2D eigenvalue weighted by atomic mass is 16.3. The van der Waals surface area contributed by atoms with Crippen LogP contribution < -0.4 is 11.1 Å². The normalized spacial score (nSPS) is 12.8. The van der Waals surface area contributed by atoms with Crippen molar-refractivity contribution >= 4 is 11.5 Å². The van der Waals surface area contributed by atoms with Crippen LogP contribution in [0.2, 0.25) is 0 Å². The molecule has 0 saturated carbocycles. The fourth-order valence-corrected chi connectivity index (χ4v) is 1.42. The topological polar surface area (TPSA) is 71.2 Å². The van der Waals surface area contributed by atoms with E-state index in [1.54, 1.807) is 6.20 Å². The van der Waals surface area contributed by atoms with Crippen molar-refractivity contribution in [2.45, 2.75) is 26.4 Å². The summed E-state index contributed by atoms with van der Waals surface area (Å²) in [5.74, 6) is 0.960. The molecule has 0 aromatic carbocycles. The summed E-state index contributed by atoms with van der Waals surface area (Å²) in [4.78, 5) is 3.95. The van der Waals surface area contributed by atoms with Gasteiger partial charge in [0.2, 0.25) is 0 Å². The fourth-order valence-electron chi connectivity index (χ4n) is 1.42. The minimum Gasteiger partial charge on any atom is -0.391 e. The zero-order valence-corrected chi connectivity index (χ0v) is 9.27. The Balaban J connectivity index is 2.40. The molecule has 1 unspecified atom stereocenters. The maximum Gasteiger partial charge on any atom is 0.146 e. The molecule has 0 radical (unpaired) electrons. The summed E-state index contributed by atoms with van der Waals surface area (Å²) in [5.41, 5.74) is 6.43. The second-order valence-corrected chi connectivity index (χ2v) is 4.10. The van der Waals surface area contributed by atoms with Crippen molar-refractivity contribution in [3.8, 4) is 0 Å². The molecular weight excluding hydrogens is 190 g/mol. The Morgan fingerprint density at radius 1 is 1.53 bits per heavy atom. The highest BCUT2D eigenvalue weighted by Gasteiger charge is 2.07. The molecule has 0 aliphatic heterocycles. The average molecular weight is 209 g/mol. The molecule has 1 aromatic rings. The van der Waals surface area contributed by atoms with E-state index in [4.69, 9.17) is 5.73 Å². The zero-order valence-electron chi connectivity index (χ0n) is 9.27. The van der Waals surface area contributed by atoms with E-state index in [1.165, 1.54) is 0 Å². The average Bonchev–Trinajstić information content (AvgIpc) is 2.15. The van der Waals surface area contributed by atoms with Crippen molar-refractivity contribution < 1.29 is 5.11 Å². The number of hydrogen-bond donors (Lipinski definition) is 3. The molecule has 0 bridgehead atoms. The number of hydrogen-bond acceptors (Lipinski definition) is 4. The number of aliphatic hydroxyl groups excluding tert-OH is 1. The summed E-state index contributed by atoms with van der Waals surface area (Å²) in [7, 11) is 0. The minimum atomic E-state index is -0.343. The van der Waals surface area contributed by atoms with Crippen LogP contribution in [0.15, 0.2) is 18.3 Å². The number of aliphatic hydroxyl groups is 1. The van der Waals surface area contributed by atoms with Gasteiger partial charge in [-0.3, -0.25) is 0 Å². The van der Waals surface area contributed by atoms with Crippen molar-refractivity contribution in [1.82, 2.24) is 4.98 Å². The van der Waals surface area contributed by atoms with Crippen molar-refractivity contribution in [3.63, 3.8) is 0 Å². The van der Waals surface area contributed by atoms with Crippen molar-refractivity contribution in [2.24, 2.45) is 5.92 Å². The van der Waals surface area contributed by atoms with Gasteiger partial charge in [0, 0.05) is 12.7 Å². The summed E-state index contributed by atoms with van der Waals surface area (Å²) in [6.07, 6.45) is 2.09. The van der Waals surface area contributed by atoms with Gasteiger partial charge in [-0.25, -0.2) is 4.98 Å². The van der Waals surface area contributed by atoms with E-state index in [0.29, 0.717) is 18.3 Å². The number of nitrogens with zero attached hydrogens (tertiary/aromatic N) is 1. The van der Waals surface area contributed by atoms with E-state index < -0.39 is 0 Å². The van der Waals surface area contributed by atoms with Gasteiger partial charge in [-0.1, -0.05) is 13.8 Å². The third-order valence-corrected chi connectivity index (χ3v) is 2.11. The first kappa shape index (κ1) is 11.8. The van der Waals surface area contributed by atoms with Crippen LogP contribution in [-0.4, -0.2) is 22.7 Å². The first-order valence-electron chi connectivity index (χ1n) is 5.22. The van der Waals surface area contributed by atoms with Gasteiger partial charge < -0.3 is 16.2 Å². The Morgan fingerprint density at radius 3 is 2.87 bits per heavy atom. The molecule has 0 fully saturated rings. The molecule has 0 amide bonds. The maximum atomic E-state index is 9.65. The molecule has 0 saturated heterocycles. The molecular formula is C11H19N3O. The molecule has 1 atom stereocenters. The Labute approximate surface area is 90.5 Å². The Kier molecular flexibility index (Phi) is 4.37. The number of rotatable bonds is 5. The third kappa shape index (κ3) is 4.16. The largest absolute Gasteiger partial charge is 0.391 e. The van der Waals surface area contributed by atoms with Crippen LogP contribution >= 0.6 is 0 Å². The molecule has 0 aliphatic carbocycles. The molecule has 4 heteroatoms. The number of pyridine rings is 1. The monoisotopic (exact) mass is 209 g/mol. The van der Waals surface area contributed by atoms with Crippen molar-refractivity contribution in [1.29, 1.82) is 0 Å². The summed E-state index contributed by atoms with van der Waals surface area (Å²) in [6, 6.07) is 3.66. The van der Waals surface area contributed by atoms with E-state index in [2.05, 4.69) is 24.1 Å². The SMILES string of the molecule is CC(C)CC(O)CNc1cccnc1N. The van der Waals surface area contributed by atoms with E-state index in [-0.39, 0.29) is 6.10 Å². The van der Waals surface area contributed by atoms with Gasteiger partial charge in [-0.15, -0.1) is 0 Å². The minimum absolute atomic E-state index is 0.343. The summed E-state index contributed by atoms with van der Waals surface area (Å²) < 4.78 is 0.